The molecule has 0 radical (unpaired) electrons. The summed E-state index contributed by atoms with van der Waals surface area (Å²) in [5.74, 6) is -0.487. The van der Waals surface area contributed by atoms with Crippen LogP contribution in [0.1, 0.15) is 48.0 Å². The summed E-state index contributed by atoms with van der Waals surface area (Å²) in [4.78, 5) is 29.6. The van der Waals surface area contributed by atoms with Crippen LogP contribution in [0.15, 0.2) is 42.6 Å². The van der Waals surface area contributed by atoms with Crippen molar-refractivity contribution in [2.45, 2.75) is 32.1 Å². The standard InChI is InChI=1S/C22H25FN2O3S/c1-2-28-20(26)14-19(15-5-7-17(23)8-6-15)16-9-12-25(13-10-16)22(27)18-4-3-11-24-21(18)29/h3-8,11,16,19H,2,9-10,12-14H2,1H3,(H,24,29)/t19-/m0/s1. The molecular weight excluding hydrogens is 391 g/mol. The van der Waals surface area contributed by atoms with E-state index in [9.17, 15) is 14.0 Å². The number of amides is 1. The molecule has 0 spiro atoms. The molecule has 3 rings (SSSR count). The summed E-state index contributed by atoms with van der Waals surface area (Å²) in [5.41, 5.74) is 1.43. The van der Waals surface area contributed by atoms with Crippen molar-refractivity contribution in [1.29, 1.82) is 0 Å². The Balaban J connectivity index is 1.71. The molecule has 154 valence electrons. The molecule has 0 unspecified atom stereocenters. The van der Waals surface area contributed by atoms with Crippen LogP contribution in [0, 0.1) is 16.4 Å². The number of esters is 1. The van der Waals surface area contributed by atoms with E-state index in [1.54, 1.807) is 37.4 Å². The van der Waals surface area contributed by atoms with E-state index in [-0.39, 0.29) is 36.0 Å². The Labute approximate surface area is 174 Å². The number of likely N-dealkylation sites (tertiary alicyclic amines) is 1. The summed E-state index contributed by atoms with van der Waals surface area (Å²) in [6, 6.07) is 9.81. The Bertz CT molecular complexity index is 905. The van der Waals surface area contributed by atoms with E-state index in [1.807, 2.05) is 4.90 Å². The molecule has 1 atom stereocenters. The van der Waals surface area contributed by atoms with Crippen LogP contribution < -0.4 is 0 Å². The lowest BCUT2D eigenvalue weighted by Gasteiger charge is -2.36. The fourth-order valence-electron chi connectivity index (χ4n) is 3.93. The van der Waals surface area contributed by atoms with E-state index >= 15 is 0 Å². The minimum absolute atomic E-state index is 0.0634. The first-order valence-electron chi connectivity index (χ1n) is 9.87. The quantitative estimate of drug-likeness (QED) is 0.557. The van der Waals surface area contributed by atoms with Crippen molar-refractivity contribution in [2.75, 3.05) is 19.7 Å². The number of aromatic nitrogens is 1. The molecule has 1 saturated heterocycles. The van der Waals surface area contributed by atoms with Crippen LogP contribution in [0.4, 0.5) is 4.39 Å². The van der Waals surface area contributed by atoms with E-state index in [0.717, 1.165) is 18.4 Å². The average Bonchev–Trinajstić information content (AvgIpc) is 2.73. The fraction of sp³-hybridized carbons (Fsp3) is 0.409. The molecule has 0 bridgehead atoms. The molecular formula is C22H25FN2O3S. The lowest BCUT2D eigenvalue weighted by atomic mass is 9.78. The second-order valence-corrected chi connectivity index (χ2v) is 7.62. The van der Waals surface area contributed by atoms with Crippen LogP contribution >= 0.6 is 12.2 Å². The van der Waals surface area contributed by atoms with Gasteiger partial charge in [-0.05, 0) is 61.4 Å². The molecule has 7 heteroatoms. The molecule has 5 nitrogen and oxygen atoms in total. The van der Waals surface area contributed by atoms with Crippen LogP contribution in [0.25, 0.3) is 0 Å². The number of aromatic amines is 1. The summed E-state index contributed by atoms with van der Waals surface area (Å²) < 4.78 is 18.9. The number of pyridine rings is 1. The fourth-order valence-corrected chi connectivity index (χ4v) is 4.15. The highest BCUT2D eigenvalue weighted by Crippen LogP contribution is 2.36. The normalized spacial score (nSPS) is 15.7. The number of carbonyl (C=O) groups excluding carboxylic acids is 2. The van der Waals surface area contributed by atoms with Crippen molar-refractivity contribution < 1.29 is 18.7 Å². The molecule has 2 aromatic rings. The van der Waals surface area contributed by atoms with E-state index in [2.05, 4.69) is 4.98 Å². The van der Waals surface area contributed by atoms with Gasteiger partial charge in [0.2, 0.25) is 0 Å². The largest absolute Gasteiger partial charge is 0.466 e. The number of hydrogen-bond donors (Lipinski definition) is 1. The van der Waals surface area contributed by atoms with Crippen molar-refractivity contribution in [1.82, 2.24) is 9.88 Å². The van der Waals surface area contributed by atoms with E-state index < -0.39 is 0 Å². The van der Waals surface area contributed by atoms with Crippen molar-refractivity contribution in [3.63, 3.8) is 0 Å². The Morgan fingerprint density at radius 3 is 2.55 bits per heavy atom. The van der Waals surface area contributed by atoms with Gasteiger partial charge in [0.05, 0.1) is 18.6 Å². The van der Waals surface area contributed by atoms with Crippen LogP contribution in [0.5, 0.6) is 0 Å². The zero-order chi connectivity index (χ0) is 20.8. The number of hydrogen-bond acceptors (Lipinski definition) is 4. The first kappa shape index (κ1) is 21.2. The van der Waals surface area contributed by atoms with Gasteiger partial charge in [-0.25, -0.2) is 4.39 Å². The van der Waals surface area contributed by atoms with Gasteiger partial charge in [0.15, 0.2) is 0 Å². The predicted octanol–water partition coefficient (Wildman–Crippen LogP) is 4.47. The van der Waals surface area contributed by atoms with E-state index in [4.69, 9.17) is 17.0 Å². The third-order valence-electron chi connectivity index (χ3n) is 5.43. The van der Waals surface area contributed by atoms with Crippen molar-refractivity contribution in [3.8, 4) is 0 Å². The number of piperidine rings is 1. The third kappa shape index (κ3) is 5.29. The van der Waals surface area contributed by atoms with Crippen LogP contribution in [0.3, 0.4) is 0 Å². The molecule has 1 aliphatic heterocycles. The highest BCUT2D eigenvalue weighted by Gasteiger charge is 2.31. The predicted molar refractivity (Wildman–Crippen MR) is 111 cm³/mol. The second kappa shape index (κ2) is 9.78. The number of H-pyrrole nitrogens is 1. The number of halogens is 1. The van der Waals surface area contributed by atoms with Gasteiger partial charge >= 0.3 is 5.97 Å². The first-order valence-corrected chi connectivity index (χ1v) is 10.3. The molecule has 1 N–H and O–H groups in total. The van der Waals surface area contributed by atoms with E-state index in [0.29, 0.717) is 29.9 Å². The monoisotopic (exact) mass is 416 g/mol. The highest BCUT2D eigenvalue weighted by molar-refractivity contribution is 7.71. The number of ether oxygens (including phenoxy) is 1. The number of benzene rings is 1. The van der Waals surface area contributed by atoms with Crippen LogP contribution in [0.2, 0.25) is 0 Å². The Morgan fingerprint density at radius 1 is 1.24 bits per heavy atom. The number of carbonyl (C=O) groups is 2. The topological polar surface area (TPSA) is 62.4 Å². The maximum atomic E-state index is 13.4. The maximum Gasteiger partial charge on any atom is 0.306 e. The average molecular weight is 417 g/mol. The summed E-state index contributed by atoms with van der Waals surface area (Å²) in [5, 5.41) is 0. The molecule has 1 aromatic carbocycles. The van der Waals surface area contributed by atoms with Gasteiger partial charge in [-0.2, -0.15) is 0 Å². The number of rotatable bonds is 6. The molecule has 1 aliphatic rings. The van der Waals surface area contributed by atoms with Crippen LogP contribution in [-0.2, 0) is 9.53 Å². The third-order valence-corrected chi connectivity index (χ3v) is 5.77. The van der Waals surface area contributed by atoms with Gasteiger partial charge in [-0.15, -0.1) is 0 Å². The van der Waals surface area contributed by atoms with Crippen molar-refractivity contribution >= 4 is 24.1 Å². The number of nitrogens with one attached hydrogen (secondary N) is 1. The lowest BCUT2D eigenvalue weighted by Crippen LogP contribution is -2.40. The van der Waals surface area contributed by atoms with Gasteiger partial charge < -0.3 is 14.6 Å². The zero-order valence-corrected chi connectivity index (χ0v) is 17.2. The minimum Gasteiger partial charge on any atom is -0.466 e. The summed E-state index contributed by atoms with van der Waals surface area (Å²) >= 11 is 5.22. The highest BCUT2D eigenvalue weighted by atomic mass is 32.1. The molecule has 1 fully saturated rings. The van der Waals surface area contributed by atoms with Crippen molar-refractivity contribution in [3.05, 3.63) is 64.2 Å². The summed E-state index contributed by atoms with van der Waals surface area (Å²) in [6.07, 6.45) is 3.48. The van der Waals surface area contributed by atoms with Gasteiger partial charge in [0.1, 0.15) is 10.5 Å². The van der Waals surface area contributed by atoms with Crippen LogP contribution in [-0.4, -0.2) is 41.5 Å². The Kier molecular flexibility index (Phi) is 7.14. The molecule has 0 saturated carbocycles. The lowest BCUT2D eigenvalue weighted by molar-refractivity contribution is -0.144. The smallest absolute Gasteiger partial charge is 0.306 e. The molecule has 2 heterocycles. The first-order chi connectivity index (χ1) is 14.0. The van der Waals surface area contributed by atoms with Gasteiger partial charge in [0, 0.05) is 19.3 Å². The zero-order valence-electron chi connectivity index (χ0n) is 16.4. The number of nitrogens with zero attached hydrogens (tertiary/aromatic N) is 1. The molecule has 1 amide bonds. The van der Waals surface area contributed by atoms with E-state index in [1.165, 1.54) is 12.1 Å². The second-order valence-electron chi connectivity index (χ2n) is 7.21. The Morgan fingerprint density at radius 2 is 1.93 bits per heavy atom. The molecule has 29 heavy (non-hydrogen) atoms. The van der Waals surface area contributed by atoms with Crippen molar-refractivity contribution in [2.24, 2.45) is 5.92 Å². The maximum absolute atomic E-state index is 13.4. The molecule has 1 aromatic heterocycles. The summed E-state index contributed by atoms with van der Waals surface area (Å²) in [7, 11) is 0. The SMILES string of the molecule is CCOC(=O)C[C@@H](c1ccc(F)cc1)C1CCN(C(=O)c2ccc[nH]c2=S)CC1. The minimum atomic E-state index is -0.302. The summed E-state index contributed by atoms with van der Waals surface area (Å²) in [6.45, 7) is 3.30. The van der Waals surface area contributed by atoms with Gasteiger partial charge in [0.25, 0.3) is 5.91 Å². The van der Waals surface area contributed by atoms with Gasteiger partial charge in [-0.1, -0.05) is 24.4 Å². The molecule has 0 aliphatic carbocycles. The Hall–Kier alpha value is -2.54. The van der Waals surface area contributed by atoms with Gasteiger partial charge in [-0.3, -0.25) is 9.59 Å².